The summed E-state index contributed by atoms with van der Waals surface area (Å²) in [5.74, 6) is 0. The third-order valence-electron chi connectivity index (χ3n) is 0. The first-order valence-electron chi connectivity index (χ1n) is 0.136. The minimum atomic E-state index is 0. The van der Waals surface area contributed by atoms with E-state index in [0.29, 0.717) is 0 Å². The molecule has 0 aliphatic carbocycles. The molecule has 0 N–H and O–H groups in total. The van der Waals surface area contributed by atoms with E-state index in [-0.39, 0.29) is 34.7 Å². The van der Waals surface area contributed by atoms with Gasteiger partial charge in [0, 0.05) is 34.7 Å². The first-order valence-corrected chi connectivity index (χ1v) is 0.561. The molecule has 0 aromatic carbocycles. The van der Waals surface area contributed by atoms with E-state index < -0.39 is 0 Å². The fourth-order valence-corrected chi connectivity index (χ4v) is 0. The van der Waals surface area contributed by atoms with Crippen LogP contribution in [-0.2, 0) is 19.5 Å². The van der Waals surface area contributed by atoms with Gasteiger partial charge in [-0.2, -0.15) is 0 Å². The van der Waals surface area contributed by atoms with Crippen LogP contribution in [0.3, 0.4) is 0 Å². The summed E-state index contributed by atoms with van der Waals surface area (Å²) < 4.78 is 7.94. The Morgan fingerprint density at radius 1 is 1.00 bits per heavy atom. The van der Waals surface area contributed by atoms with E-state index in [9.17, 15) is 0 Å². The third-order valence-corrected chi connectivity index (χ3v) is 0. The van der Waals surface area contributed by atoms with Crippen molar-refractivity contribution in [3.05, 3.63) is 0 Å². The summed E-state index contributed by atoms with van der Waals surface area (Å²) in [5.41, 5.74) is 0. The Hall–Kier alpha value is 1.37. The van der Waals surface area contributed by atoms with E-state index in [0.717, 1.165) is 0 Å². The Bertz CT molecular complexity index is 6.00. The Balaban J connectivity index is -0.00000000500. The van der Waals surface area contributed by atoms with E-state index in [1.54, 1.807) is 0 Å². The molecule has 0 aromatic rings. The summed E-state index contributed by atoms with van der Waals surface area (Å²) in [6.45, 7) is 0. The van der Waals surface area contributed by atoms with Crippen LogP contribution in [0.2, 0.25) is 0 Å². The van der Waals surface area contributed by atoms with Crippen LogP contribution in [0.25, 0.3) is 0 Å². The maximum atomic E-state index is 7.94. The van der Waals surface area contributed by atoms with Crippen LogP contribution in [0.4, 0.5) is 0 Å². The van der Waals surface area contributed by atoms with Gasteiger partial charge in [-0.15, -0.1) is 0 Å². The second-order valence-electron chi connectivity index (χ2n) is 0. The van der Waals surface area contributed by atoms with Crippen LogP contribution in [-0.4, -0.2) is 34.7 Å². The zero-order chi connectivity index (χ0) is 2.00. The number of hydrogen-bond donors (Lipinski definition) is 0. The maximum absolute atomic E-state index is 7.94. The Morgan fingerprint density at radius 2 is 1.00 bits per heavy atom. The SMILES string of the molecule is [Al].[Al].[O]=[Co]. The molecule has 0 amide bonds. The van der Waals surface area contributed by atoms with Gasteiger partial charge in [-0.25, -0.2) is 0 Å². The quantitative estimate of drug-likeness (QED) is 0.388. The van der Waals surface area contributed by atoms with Gasteiger partial charge >= 0.3 is 19.5 Å². The van der Waals surface area contributed by atoms with Gasteiger partial charge in [0.1, 0.15) is 0 Å². The standard InChI is InChI=1S/2Al.Co.O. The molecule has 0 aliphatic heterocycles. The van der Waals surface area contributed by atoms with Crippen molar-refractivity contribution < 1.29 is 19.5 Å². The fourth-order valence-electron chi connectivity index (χ4n) is 0. The van der Waals surface area contributed by atoms with E-state index in [1.165, 1.54) is 0 Å². The van der Waals surface area contributed by atoms with Crippen LogP contribution in [0.5, 0.6) is 0 Å². The van der Waals surface area contributed by atoms with Gasteiger partial charge in [0.05, 0.1) is 0 Å². The molecule has 6 radical (unpaired) electrons. The molecule has 0 fully saturated rings. The Morgan fingerprint density at radius 3 is 1.00 bits per heavy atom. The second kappa shape index (κ2) is 26.4. The number of rotatable bonds is 0. The van der Waals surface area contributed by atoms with Crippen molar-refractivity contribution in [2.75, 3.05) is 0 Å². The first kappa shape index (κ1) is 18.3. The number of hydrogen-bond acceptors (Lipinski definition) is 1. The monoisotopic (exact) mass is 129 g/mol. The van der Waals surface area contributed by atoms with Gasteiger partial charge in [0.2, 0.25) is 0 Å². The summed E-state index contributed by atoms with van der Waals surface area (Å²) in [7, 11) is 0. The average molecular weight is 129 g/mol. The van der Waals surface area contributed by atoms with Crippen molar-refractivity contribution in [1.82, 2.24) is 0 Å². The van der Waals surface area contributed by atoms with Crippen LogP contribution >= 0.6 is 0 Å². The molecule has 0 unspecified atom stereocenters. The Kier molecular flexibility index (Phi) is 121. The molecule has 0 saturated heterocycles. The Labute approximate surface area is 54.2 Å². The molecular weight excluding hydrogens is 129 g/mol. The molecule has 0 heterocycles. The van der Waals surface area contributed by atoms with E-state index in [2.05, 4.69) is 15.7 Å². The molecule has 0 aliphatic rings. The van der Waals surface area contributed by atoms with Crippen LogP contribution in [0.15, 0.2) is 0 Å². The molecule has 0 rings (SSSR count). The van der Waals surface area contributed by atoms with Gasteiger partial charge < -0.3 is 0 Å². The van der Waals surface area contributed by atoms with Gasteiger partial charge in [0.25, 0.3) is 0 Å². The summed E-state index contributed by atoms with van der Waals surface area (Å²) in [5, 5.41) is 0. The molecule has 0 bridgehead atoms. The zero-order valence-corrected chi connectivity index (χ0v) is 5.25. The molecular formula is Al2CoO. The predicted octanol–water partition coefficient (Wildman–Crippen LogP) is -0.883. The van der Waals surface area contributed by atoms with E-state index >= 15 is 0 Å². The second-order valence-corrected chi connectivity index (χ2v) is 0. The summed E-state index contributed by atoms with van der Waals surface area (Å²) >= 11 is 2.31. The predicted molar refractivity (Wildman–Crippen MR) is 12.2 cm³/mol. The van der Waals surface area contributed by atoms with Crippen molar-refractivity contribution in [3.63, 3.8) is 0 Å². The molecule has 0 aromatic heterocycles. The first-order chi connectivity index (χ1) is 1.00. The zero-order valence-electron chi connectivity index (χ0n) is 1.90. The molecule has 0 atom stereocenters. The topological polar surface area (TPSA) is 17.1 Å². The van der Waals surface area contributed by atoms with Gasteiger partial charge in [-0.3, -0.25) is 0 Å². The van der Waals surface area contributed by atoms with Crippen LogP contribution in [0, 0.1) is 0 Å². The van der Waals surface area contributed by atoms with Crippen molar-refractivity contribution >= 4 is 34.7 Å². The van der Waals surface area contributed by atoms with Crippen molar-refractivity contribution in [2.24, 2.45) is 0 Å². The summed E-state index contributed by atoms with van der Waals surface area (Å²) in [6.07, 6.45) is 0. The van der Waals surface area contributed by atoms with Crippen LogP contribution in [0.1, 0.15) is 0 Å². The van der Waals surface area contributed by atoms with Crippen molar-refractivity contribution in [1.29, 1.82) is 0 Å². The van der Waals surface area contributed by atoms with Gasteiger partial charge in [0.15, 0.2) is 0 Å². The molecule has 1 nitrogen and oxygen atoms in total. The molecule has 4 heteroatoms. The van der Waals surface area contributed by atoms with Crippen LogP contribution < -0.4 is 0 Å². The van der Waals surface area contributed by atoms with E-state index in [1.807, 2.05) is 0 Å². The average Bonchev–Trinajstić information content (AvgIpc) is 1.00. The fraction of sp³-hybridized carbons (Fsp3) is 0. The van der Waals surface area contributed by atoms with Crippen molar-refractivity contribution in [2.45, 2.75) is 0 Å². The normalized spacial score (nSPS) is 1.25. The molecule has 0 saturated carbocycles. The molecule has 4 heavy (non-hydrogen) atoms. The minimum absolute atomic E-state index is 0. The third kappa shape index (κ3) is 10.1. The van der Waals surface area contributed by atoms with Gasteiger partial charge in [-0.1, -0.05) is 0 Å². The summed E-state index contributed by atoms with van der Waals surface area (Å²) in [4.78, 5) is 0. The van der Waals surface area contributed by atoms with Crippen molar-refractivity contribution in [3.8, 4) is 0 Å². The summed E-state index contributed by atoms with van der Waals surface area (Å²) in [6, 6.07) is 0. The van der Waals surface area contributed by atoms with Gasteiger partial charge in [-0.05, 0) is 0 Å². The molecule has 0 spiro atoms. The van der Waals surface area contributed by atoms with E-state index in [4.69, 9.17) is 3.87 Å². The molecule has 21 valence electrons.